The van der Waals surface area contributed by atoms with E-state index in [2.05, 4.69) is 0 Å². The molecule has 1 aromatic rings. The lowest BCUT2D eigenvalue weighted by Crippen LogP contribution is -2.13. The first-order chi connectivity index (χ1) is 7.10. The maximum Gasteiger partial charge on any atom is 0.180 e. The van der Waals surface area contributed by atoms with Crippen LogP contribution in [0.3, 0.4) is 0 Å². The van der Waals surface area contributed by atoms with Crippen molar-refractivity contribution >= 4 is 17.4 Å². The van der Waals surface area contributed by atoms with Crippen LogP contribution >= 0.6 is 11.6 Å². The Hall–Kier alpha value is -1.09. The summed E-state index contributed by atoms with van der Waals surface area (Å²) in [7, 11) is 1.35. The highest BCUT2D eigenvalue weighted by molar-refractivity contribution is 6.33. The molecule has 0 aromatic heterocycles. The Morgan fingerprint density at radius 1 is 1.60 bits per heavy atom. The predicted octanol–water partition coefficient (Wildman–Crippen LogP) is 3.03. The number of ketones is 1. The maximum atomic E-state index is 13.0. The second-order valence-corrected chi connectivity index (χ2v) is 3.62. The summed E-state index contributed by atoms with van der Waals surface area (Å²) < 4.78 is 17.8. The van der Waals surface area contributed by atoms with Gasteiger partial charge in [-0.25, -0.2) is 4.39 Å². The summed E-state index contributed by atoms with van der Waals surface area (Å²) in [6.07, 6.45) is 0.542. The molecule has 0 aliphatic rings. The van der Waals surface area contributed by atoms with Crippen LogP contribution in [-0.2, 0) is 0 Å². The average Bonchev–Trinajstić information content (AvgIpc) is 2.27. The lowest BCUT2D eigenvalue weighted by atomic mass is 10.1. The van der Waals surface area contributed by atoms with E-state index in [4.69, 9.17) is 16.3 Å². The van der Waals surface area contributed by atoms with Crippen molar-refractivity contribution in [1.29, 1.82) is 0 Å². The van der Waals surface area contributed by atoms with Crippen LogP contribution in [0.15, 0.2) is 18.2 Å². The SMILES string of the molecule is CCC(Cl)C(=O)c1ccc(F)c(OC)c1. The molecule has 0 fully saturated rings. The summed E-state index contributed by atoms with van der Waals surface area (Å²) in [5.74, 6) is -0.644. The van der Waals surface area contributed by atoms with Crippen LogP contribution in [0.1, 0.15) is 23.7 Å². The third kappa shape index (κ3) is 2.69. The Bertz CT molecular complexity index is 366. The van der Waals surface area contributed by atoms with E-state index in [1.807, 2.05) is 6.92 Å². The van der Waals surface area contributed by atoms with Gasteiger partial charge in [-0.15, -0.1) is 11.6 Å². The van der Waals surface area contributed by atoms with Crippen molar-refractivity contribution in [1.82, 2.24) is 0 Å². The number of hydrogen-bond acceptors (Lipinski definition) is 2. The number of hydrogen-bond donors (Lipinski definition) is 0. The average molecular weight is 231 g/mol. The molecule has 0 spiro atoms. The van der Waals surface area contributed by atoms with E-state index < -0.39 is 11.2 Å². The van der Waals surface area contributed by atoms with Gasteiger partial charge < -0.3 is 4.74 Å². The summed E-state index contributed by atoms with van der Waals surface area (Å²) >= 11 is 5.80. The van der Waals surface area contributed by atoms with Crippen molar-refractivity contribution in [2.24, 2.45) is 0 Å². The number of Topliss-reactive ketones (excluding diaryl/α,β-unsaturated/α-hetero) is 1. The van der Waals surface area contributed by atoms with E-state index in [0.717, 1.165) is 0 Å². The van der Waals surface area contributed by atoms with Gasteiger partial charge in [0, 0.05) is 5.56 Å². The number of halogens is 2. The Balaban J connectivity index is 3.01. The standard InChI is InChI=1S/C11H12ClFO2/c1-3-8(12)11(14)7-4-5-9(13)10(6-7)15-2/h4-6,8H,3H2,1-2H3. The molecular weight excluding hydrogens is 219 g/mol. The van der Waals surface area contributed by atoms with Crippen LogP contribution in [0.4, 0.5) is 4.39 Å². The number of alkyl halides is 1. The van der Waals surface area contributed by atoms with Gasteiger partial charge in [-0.2, -0.15) is 0 Å². The van der Waals surface area contributed by atoms with Gasteiger partial charge in [-0.1, -0.05) is 6.92 Å². The van der Waals surface area contributed by atoms with Crippen LogP contribution in [0.5, 0.6) is 5.75 Å². The van der Waals surface area contributed by atoms with Crippen molar-refractivity contribution in [3.63, 3.8) is 0 Å². The van der Waals surface area contributed by atoms with Gasteiger partial charge in [0.05, 0.1) is 12.5 Å². The van der Waals surface area contributed by atoms with Crippen molar-refractivity contribution in [3.05, 3.63) is 29.6 Å². The minimum atomic E-state index is -0.569. The highest BCUT2D eigenvalue weighted by Gasteiger charge is 2.16. The minimum Gasteiger partial charge on any atom is -0.494 e. The molecule has 0 heterocycles. The van der Waals surface area contributed by atoms with Crippen molar-refractivity contribution in [2.45, 2.75) is 18.7 Å². The molecule has 0 aliphatic heterocycles. The number of carbonyl (C=O) groups excluding carboxylic acids is 1. The minimum absolute atomic E-state index is 0.0563. The molecule has 0 aliphatic carbocycles. The highest BCUT2D eigenvalue weighted by atomic mass is 35.5. The lowest BCUT2D eigenvalue weighted by molar-refractivity contribution is 0.0985. The fourth-order valence-electron chi connectivity index (χ4n) is 1.18. The molecule has 4 heteroatoms. The first-order valence-corrected chi connectivity index (χ1v) is 5.05. The van der Waals surface area contributed by atoms with Gasteiger partial charge in [0.2, 0.25) is 0 Å². The zero-order valence-corrected chi connectivity index (χ0v) is 9.34. The topological polar surface area (TPSA) is 26.3 Å². The van der Waals surface area contributed by atoms with E-state index in [0.29, 0.717) is 12.0 Å². The Morgan fingerprint density at radius 3 is 2.80 bits per heavy atom. The van der Waals surface area contributed by atoms with Crippen LogP contribution in [-0.4, -0.2) is 18.3 Å². The molecule has 0 bridgehead atoms. The second kappa shape index (κ2) is 5.12. The molecule has 0 amide bonds. The van der Waals surface area contributed by atoms with Crippen molar-refractivity contribution in [2.75, 3.05) is 7.11 Å². The number of carbonyl (C=O) groups is 1. The molecule has 0 N–H and O–H groups in total. The Kier molecular flexibility index (Phi) is 4.09. The molecule has 1 rings (SSSR count). The van der Waals surface area contributed by atoms with Gasteiger partial charge >= 0.3 is 0 Å². The van der Waals surface area contributed by atoms with E-state index in [9.17, 15) is 9.18 Å². The third-order valence-corrected chi connectivity index (χ3v) is 2.59. The highest BCUT2D eigenvalue weighted by Crippen LogP contribution is 2.20. The van der Waals surface area contributed by atoms with E-state index in [-0.39, 0.29) is 11.5 Å². The van der Waals surface area contributed by atoms with Crippen molar-refractivity contribution in [3.8, 4) is 5.75 Å². The Labute approximate surface area is 93.0 Å². The van der Waals surface area contributed by atoms with Gasteiger partial charge in [-0.3, -0.25) is 4.79 Å². The largest absolute Gasteiger partial charge is 0.494 e. The van der Waals surface area contributed by atoms with Gasteiger partial charge in [-0.05, 0) is 24.6 Å². The first-order valence-electron chi connectivity index (χ1n) is 4.62. The molecule has 82 valence electrons. The summed E-state index contributed by atoms with van der Waals surface area (Å²) in [5, 5.41) is -0.569. The Morgan fingerprint density at radius 2 is 2.27 bits per heavy atom. The van der Waals surface area contributed by atoms with Crippen LogP contribution in [0.2, 0.25) is 0 Å². The predicted molar refractivity (Wildman–Crippen MR) is 57.2 cm³/mol. The van der Waals surface area contributed by atoms with E-state index in [1.54, 1.807) is 0 Å². The monoisotopic (exact) mass is 230 g/mol. The summed E-state index contributed by atoms with van der Waals surface area (Å²) in [5.41, 5.74) is 0.370. The molecule has 1 unspecified atom stereocenters. The molecule has 1 aromatic carbocycles. The number of benzene rings is 1. The summed E-state index contributed by atoms with van der Waals surface area (Å²) in [6, 6.07) is 3.97. The summed E-state index contributed by atoms with van der Waals surface area (Å²) in [6.45, 7) is 1.82. The zero-order valence-electron chi connectivity index (χ0n) is 8.59. The first kappa shape index (κ1) is 12.0. The summed E-state index contributed by atoms with van der Waals surface area (Å²) in [4.78, 5) is 11.6. The molecular formula is C11H12ClFO2. The fraction of sp³-hybridized carbons (Fsp3) is 0.364. The fourth-order valence-corrected chi connectivity index (χ4v) is 1.31. The van der Waals surface area contributed by atoms with Gasteiger partial charge in [0.1, 0.15) is 0 Å². The van der Waals surface area contributed by atoms with Gasteiger partial charge in [0.15, 0.2) is 17.3 Å². The zero-order chi connectivity index (χ0) is 11.4. The second-order valence-electron chi connectivity index (χ2n) is 3.09. The molecule has 1 atom stereocenters. The number of methoxy groups -OCH3 is 1. The molecule has 0 saturated heterocycles. The van der Waals surface area contributed by atoms with Crippen LogP contribution in [0.25, 0.3) is 0 Å². The van der Waals surface area contributed by atoms with Crippen molar-refractivity contribution < 1.29 is 13.9 Å². The quantitative estimate of drug-likeness (QED) is 0.587. The maximum absolute atomic E-state index is 13.0. The van der Waals surface area contributed by atoms with E-state index >= 15 is 0 Å². The smallest absolute Gasteiger partial charge is 0.180 e. The lowest BCUT2D eigenvalue weighted by Gasteiger charge is -2.07. The number of ether oxygens (including phenoxy) is 1. The third-order valence-electron chi connectivity index (χ3n) is 2.08. The van der Waals surface area contributed by atoms with Crippen LogP contribution in [0, 0.1) is 5.82 Å². The molecule has 15 heavy (non-hydrogen) atoms. The number of rotatable bonds is 4. The van der Waals surface area contributed by atoms with E-state index in [1.165, 1.54) is 25.3 Å². The van der Waals surface area contributed by atoms with Gasteiger partial charge in [0.25, 0.3) is 0 Å². The molecule has 0 saturated carbocycles. The van der Waals surface area contributed by atoms with Crippen LogP contribution < -0.4 is 4.74 Å². The molecule has 2 nitrogen and oxygen atoms in total. The molecule has 0 radical (unpaired) electrons. The normalized spacial score (nSPS) is 12.3.